The molecule has 5 aliphatic rings. The molecular formula is C23H30O. The molecule has 0 aromatic carbocycles. The Hall–Kier alpha value is -1.00. The minimum absolute atomic E-state index is 0.113. The lowest BCUT2D eigenvalue weighted by Gasteiger charge is -2.56. The SMILES string of the molecule is C#C[C@]1(O)CC[C@@]23C[C@]24CCC2=CCCC[C@@H]2[C@H]4C(=C)C[C@@]31CC. The molecule has 5 aliphatic carbocycles. The van der Waals surface area contributed by atoms with Crippen LogP contribution in [0.15, 0.2) is 23.8 Å². The van der Waals surface area contributed by atoms with Gasteiger partial charge in [-0.2, -0.15) is 0 Å². The second kappa shape index (κ2) is 4.39. The number of allylic oxidation sites excluding steroid dienone is 3. The Labute approximate surface area is 146 Å². The largest absolute Gasteiger partial charge is 0.377 e. The van der Waals surface area contributed by atoms with Gasteiger partial charge in [0.05, 0.1) is 0 Å². The van der Waals surface area contributed by atoms with E-state index < -0.39 is 5.60 Å². The molecular weight excluding hydrogens is 292 g/mol. The molecule has 0 amide bonds. The maximum atomic E-state index is 11.4. The first kappa shape index (κ1) is 15.3. The maximum absolute atomic E-state index is 11.4. The van der Waals surface area contributed by atoms with E-state index in [-0.39, 0.29) is 5.41 Å². The summed E-state index contributed by atoms with van der Waals surface area (Å²) in [4.78, 5) is 0. The minimum Gasteiger partial charge on any atom is -0.377 e. The van der Waals surface area contributed by atoms with Crippen LogP contribution in [0.4, 0.5) is 0 Å². The first-order chi connectivity index (χ1) is 11.5. The molecule has 4 fully saturated rings. The molecule has 0 heterocycles. The molecule has 2 spiro atoms. The van der Waals surface area contributed by atoms with Gasteiger partial charge in [-0.15, -0.1) is 6.42 Å². The van der Waals surface area contributed by atoms with E-state index in [1.54, 1.807) is 5.57 Å². The summed E-state index contributed by atoms with van der Waals surface area (Å²) in [5.74, 6) is 4.26. The quantitative estimate of drug-likeness (QED) is 0.531. The van der Waals surface area contributed by atoms with E-state index in [9.17, 15) is 5.11 Å². The molecule has 0 aromatic heterocycles. The highest BCUT2D eigenvalue weighted by Gasteiger charge is 2.85. The second-order valence-corrected chi connectivity index (χ2v) is 9.48. The van der Waals surface area contributed by atoms with Gasteiger partial charge < -0.3 is 5.11 Å². The Morgan fingerprint density at radius 3 is 2.96 bits per heavy atom. The van der Waals surface area contributed by atoms with E-state index in [1.165, 1.54) is 44.1 Å². The zero-order valence-corrected chi connectivity index (χ0v) is 15.0. The summed E-state index contributed by atoms with van der Waals surface area (Å²) < 4.78 is 0. The number of hydrogen-bond donors (Lipinski definition) is 1. The first-order valence-electron chi connectivity index (χ1n) is 10.1. The average molecular weight is 322 g/mol. The van der Waals surface area contributed by atoms with Crippen molar-refractivity contribution in [3.63, 3.8) is 0 Å². The molecule has 1 nitrogen and oxygen atoms in total. The van der Waals surface area contributed by atoms with Crippen LogP contribution in [-0.4, -0.2) is 10.7 Å². The molecule has 5 rings (SSSR count). The van der Waals surface area contributed by atoms with Crippen molar-refractivity contribution in [3.05, 3.63) is 23.8 Å². The molecule has 0 bridgehead atoms. The zero-order valence-electron chi connectivity index (χ0n) is 15.0. The number of fused-ring (bicyclic) bond motifs is 2. The van der Waals surface area contributed by atoms with Crippen LogP contribution in [-0.2, 0) is 0 Å². The van der Waals surface area contributed by atoms with Gasteiger partial charge in [0, 0.05) is 5.41 Å². The van der Waals surface area contributed by atoms with E-state index in [2.05, 4.69) is 25.5 Å². The molecule has 0 aliphatic heterocycles. The van der Waals surface area contributed by atoms with Crippen molar-refractivity contribution >= 4 is 0 Å². The Kier molecular flexibility index (Phi) is 2.79. The molecule has 4 saturated carbocycles. The van der Waals surface area contributed by atoms with E-state index in [0.717, 1.165) is 31.6 Å². The highest BCUT2D eigenvalue weighted by atomic mass is 16.3. The number of rotatable bonds is 1. The molecule has 6 atom stereocenters. The molecule has 128 valence electrons. The van der Waals surface area contributed by atoms with Crippen LogP contribution in [0.1, 0.15) is 71.1 Å². The predicted octanol–water partition coefficient (Wildman–Crippen LogP) is 5.01. The lowest BCUT2D eigenvalue weighted by atomic mass is 9.48. The van der Waals surface area contributed by atoms with E-state index >= 15 is 0 Å². The summed E-state index contributed by atoms with van der Waals surface area (Å²) in [5, 5.41) is 11.4. The Balaban J connectivity index is 1.65. The fraction of sp³-hybridized carbons (Fsp3) is 0.739. The van der Waals surface area contributed by atoms with Crippen molar-refractivity contribution < 1.29 is 5.11 Å². The van der Waals surface area contributed by atoms with Gasteiger partial charge in [-0.3, -0.25) is 0 Å². The lowest BCUT2D eigenvalue weighted by Crippen LogP contribution is -2.54. The average Bonchev–Trinajstić information content (AvgIpc) is 3.19. The van der Waals surface area contributed by atoms with E-state index in [1.807, 2.05) is 0 Å². The normalized spacial score (nSPS) is 54.7. The van der Waals surface area contributed by atoms with Gasteiger partial charge in [0.25, 0.3) is 0 Å². The fourth-order valence-electron chi connectivity index (χ4n) is 8.47. The molecule has 0 unspecified atom stereocenters. The summed E-state index contributed by atoms with van der Waals surface area (Å²) in [6.45, 7) is 6.86. The van der Waals surface area contributed by atoms with Crippen molar-refractivity contribution in [2.45, 2.75) is 76.7 Å². The van der Waals surface area contributed by atoms with Crippen LogP contribution in [0.2, 0.25) is 0 Å². The first-order valence-corrected chi connectivity index (χ1v) is 10.1. The Bertz CT molecular complexity index is 695. The molecule has 0 saturated heterocycles. The van der Waals surface area contributed by atoms with Gasteiger partial charge in [0.2, 0.25) is 0 Å². The van der Waals surface area contributed by atoms with Crippen molar-refractivity contribution in [3.8, 4) is 12.3 Å². The fourth-order valence-corrected chi connectivity index (χ4v) is 8.47. The van der Waals surface area contributed by atoms with Crippen LogP contribution in [0.3, 0.4) is 0 Å². The monoisotopic (exact) mass is 322 g/mol. The second-order valence-electron chi connectivity index (χ2n) is 9.48. The highest BCUT2D eigenvalue weighted by molar-refractivity contribution is 5.45. The standard InChI is InChI=1S/C23H30O/c1-4-21-14-16(3)19-18-9-7-6-8-17(18)10-11-20(19)15-22(20,21)12-13-23(21,24)5-2/h2,8,18-19,24H,3-4,6-7,9-15H2,1H3/t18-,19+,20-,21-,22+,23-/m0/s1. The Morgan fingerprint density at radius 2 is 2.21 bits per heavy atom. The predicted molar refractivity (Wildman–Crippen MR) is 97.1 cm³/mol. The molecule has 24 heavy (non-hydrogen) atoms. The van der Waals surface area contributed by atoms with Crippen molar-refractivity contribution in [2.24, 2.45) is 28.1 Å². The van der Waals surface area contributed by atoms with Crippen molar-refractivity contribution in [2.75, 3.05) is 0 Å². The van der Waals surface area contributed by atoms with Crippen molar-refractivity contribution in [1.29, 1.82) is 0 Å². The van der Waals surface area contributed by atoms with E-state index in [4.69, 9.17) is 6.42 Å². The zero-order chi connectivity index (χ0) is 16.8. The smallest absolute Gasteiger partial charge is 0.131 e. The maximum Gasteiger partial charge on any atom is 0.131 e. The summed E-state index contributed by atoms with van der Waals surface area (Å²) >= 11 is 0. The minimum atomic E-state index is -0.915. The number of aliphatic hydroxyl groups is 1. The van der Waals surface area contributed by atoms with Gasteiger partial charge in [-0.25, -0.2) is 0 Å². The van der Waals surface area contributed by atoms with Crippen molar-refractivity contribution in [1.82, 2.24) is 0 Å². The highest BCUT2D eigenvalue weighted by Crippen LogP contribution is 2.90. The van der Waals surface area contributed by atoms with Gasteiger partial charge in [0.15, 0.2) is 0 Å². The molecule has 1 heteroatoms. The van der Waals surface area contributed by atoms with Crippen LogP contribution < -0.4 is 0 Å². The molecule has 1 N–H and O–H groups in total. The van der Waals surface area contributed by atoms with E-state index in [0.29, 0.717) is 16.7 Å². The van der Waals surface area contributed by atoms with Crippen LogP contribution in [0.5, 0.6) is 0 Å². The summed E-state index contributed by atoms with van der Waals surface area (Å²) in [6, 6.07) is 0. The number of terminal acetylenes is 1. The van der Waals surface area contributed by atoms with Crippen LogP contribution in [0.25, 0.3) is 0 Å². The summed E-state index contributed by atoms with van der Waals surface area (Å²) in [7, 11) is 0. The van der Waals surface area contributed by atoms with Gasteiger partial charge >= 0.3 is 0 Å². The summed E-state index contributed by atoms with van der Waals surface area (Å²) in [5.41, 5.74) is 2.82. The Morgan fingerprint density at radius 1 is 1.38 bits per heavy atom. The molecule has 0 aromatic rings. The summed E-state index contributed by atoms with van der Waals surface area (Å²) in [6.07, 6.45) is 20.2. The van der Waals surface area contributed by atoms with Gasteiger partial charge in [0.1, 0.15) is 5.60 Å². The third kappa shape index (κ3) is 1.35. The topological polar surface area (TPSA) is 20.2 Å². The number of hydrogen-bond acceptors (Lipinski definition) is 1. The molecule has 0 radical (unpaired) electrons. The van der Waals surface area contributed by atoms with Gasteiger partial charge in [-0.1, -0.05) is 36.6 Å². The van der Waals surface area contributed by atoms with Crippen LogP contribution >= 0.6 is 0 Å². The lowest BCUT2D eigenvalue weighted by molar-refractivity contribution is -0.0807. The third-order valence-corrected chi connectivity index (χ3v) is 9.34. The van der Waals surface area contributed by atoms with Gasteiger partial charge in [-0.05, 0) is 86.9 Å². The van der Waals surface area contributed by atoms with Crippen LogP contribution in [0, 0.1) is 40.4 Å². The third-order valence-electron chi connectivity index (χ3n) is 9.34.